The van der Waals surface area contributed by atoms with Gasteiger partial charge in [0, 0.05) is 26.2 Å². The third-order valence-corrected chi connectivity index (χ3v) is 4.07. The molecular formula is C22H27O2Zr-. The summed E-state index contributed by atoms with van der Waals surface area (Å²) in [6, 6.07) is 17.4. The summed E-state index contributed by atoms with van der Waals surface area (Å²) in [6.45, 7) is 10.9. The first kappa shape index (κ1) is 23.4. The molecule has 2 nitrogen and oxygen atoms in total. The van der Waals surface area contributed by atoms with E-state index in [1.165, 1.54) is 16.7 Å². The molecule has 3 heteroatoms. The van der Waals surface area contributed by atoms with E-state index in [2.05, 4.69) is 40.7 Å². The Morgan fingerprint density at radius 3 is 1.20 bits per heavy atom. The van der Waals surface area contributed by atoms with Gasteiger partial charge in [-0.15, -0.1) is 6.92 Å². The molecular weight excluding hydrogens is 387 g/mol. The predicted octanol–water partition coefficient (Wildman–Crippen LogP) is 5.89. The van der Waals surface area contributed by atoms with Gasteiger partial charge in [0.15, 0.2) is 0 Å². The summed E-state index contributed by atoms with van der Waals surface area (Å²) in [6.07, 6.45) is 3.44. The molecule has 25 heavy (non-hydrogen) atoms. The predicted molar refractivity (Wildman–Crippen MR) is 101 cm³/mol. The van der Waals surface area contributed by atoms with Crippen LogP contribution in [0.2, 0.25) is 0 Å². The molecule has 0 saturated heterocycles. The van der Waals surface area contributed by atoms with Crippen molar-refractivity contribution in [2.45, 2.75) is 34.6 Å². The first-order valence-corrected chi connectivity index (χ1v) is 8.02. The number of rotatable bonds is 0. The van der Waals surface area contributed by atoms with Gasteiger partial charge in [-0.2, -0.15) is 11.1 Å². The molecule has 2 aromatic rings. The number of hydrogen-bond acceptors (Lipinski definition) is 2. The van der Waals surface area contributed by atoms with Gasteiger partial charge in [-0.05, 0) is 24.3 Å². The zero-order valence-electron chi connectivity index (χ0n) is 15.7. The van der Waals surface area contributed by atoms with Crippen LogP contribution in [0.3, 0.4) is 0 Å². The Bertz CT molecular complexity index is 649. The van der Waals surface area contributed by atoms with Crippen molar-refractivity contribution in [2.24, 2.45) is 5.41 Å². The van der Waals surface area contributed by atoms with E-state index in [4.69, 9.17) is 10.2 Å². The fourth-order valence-corrected chi connectivity index (χ4v) is 2.26. The molecule has 2 N–H and O–H groups in total. The van der Waals surface area contributed by atoms with Crippen molar-refractivity contribution in [3.05, 3.63) is 83.5 Å². The van der Waals surface area contributed by atoms with Gasteiger partial charge < -0.3 is 10.2 Å². The second-order valence-corrected chi connectivity index (χ2v) is 6.30. The van der Waals surface area contributed by atoms with E-state index in [1.807, 2.05) is 12.1 Å². The first-order chi connectivity index (χ1) is 11.2. The van der Waals surface area contributed by atoms with Crippen molar-refractivity contribution in [1.82, 2.24) is 0 Å². The SMILES string of the molecule is CC1=[C-]C(C)(C)C(C)=C1C.Oc1ccccc1.Oc1ccccc1.[Zr]. The van der Waals surface area contributed by atoms with Crippen LogP contribution >= 0.6 is 0 Å². The molecule has 1 aliphatic rings. The zero-order chi connectivity index (χ0) is 18.2. The molecule has 0 aliphatic heterocycles. The number of allylic oxidation sites excluding steroid dienone is 4. The van der Waals surface area contributed by atoms with E-state index in [-0.39, 0.29) is 31.6 Å². The van der Waals surface area contributed by atoms with Crippen molar-refractivity contribution in [1.29, 1.82) is 0 Å². The summed E-state index contributed by atoms with van der Waals surface area (Å²) < 4.78 is 0. The van der Waals surface area contributed by atoms with Crippen molar-refractivity contribution in [3.8, 4) is 11.5 Å². The van der Waals surface area contributed by atoms with Crippen LogP contribution in [-0.4, -0.2) is 10.2 Å². The number of phenols is 2. The molecule has 0 heterocycles. The average molecular weight is 415 g/mol. The van der Waals surface area contributed by atoms with Crippen LogP contribution < -0.4 is 0 Å². The largest absolute Gasteiger partial charge is 0.508 e. The third-order valence-electron chi connectivity index (χ3n) is 4.07. The van der Waals surface area contributed by atoms with Gasteiger partial charge in [0.05, 0.1) is 0 Å². The average Bonchev–Trinajstić information content (AvgIpc) is 2.72. The summed E-state index contributed by atoms with van der Waals surface area (Å²) >= 11 is 0. The standard InChI is InChI=1S/C10H15.2C6H6O.Zr/c1-7-6-10(4,5)9(3)8(7)2;2*7-6-4-2-1-3-5-6;/h1-5H3;2*1-5,7H;/q-1;;;. The van der Waals surface area contributed by atoms with Gasteiger partial charge in [0.25, 0.3) is 0 Å². The molecule has 0 unspecified atom stereocenters. The zero-order valence-corrected chi connectivity index (χ0v) is 18.1. The second-order valence-electron chi connectivity index (χ2n) is 6.30. The number of para-hydroxylation sites is 2. The number of phenolic OH excluding ortho intramolecular Hbond substituents is 2. The minimum absolute atomic E-state index is 0. The molecule has 132 valence electrons. The van der Waals surface area contributed by atoms with E-state index in [9.17, 15) is 0 Å². The summed E-state index contributed by atoms with van der Waals surface area (Å²) in [5, 5.41) is 17.3. The number of benzene rings is 2. The van der Waals surface area contributed by atoms with E-state index >= 15 is 0 Å². The molecule has 0 radical (unpaired) electrons. The van der Waals surface area contributed by atoms with Crippen LogP contribution in [0.15, 0.2) is 77.4 Å². The molecule has 1 aliphatic carbocycles. The normalized spacial score (nSPS) is 14.2. The van der Waals surface area contributed by atoms with E-state index in [1.54, 1.807) is 48.5 Å². The monoisotopic (exact) mass is 413 g/mol. The van der Waals surface area contributed by atoms with Crippen molar-refractivity contribution in [3.63, 3.8) is 0 Å². The Kier molecular flexibility index (Phi) is 10.4. The fraction of sp³-hybridized carbons (Fsp3) is 0.273. The van der Waals surface area contributed by atoms with Crippen molar-refractivity contribution < 1.29 is 36.4 Å². The van der Waals surface area contributed by atoms with Gasteiger partial charge in [0.1, 0.15) is 11.5 Å². The summed E-state index contributed by atoms with van der Waals surface area (Å²) in [5.41, 5.74) is 4.39. The number of aromatic hydroxyl groups is 2. The fourth-order valence-electron chi connectivity index (χ4n) is 2.26. The molecule has 0 bridgehead atoms. The topological polar surface area (TPSA) is 40.5 Å². The molecule has 0 aromatic heterocycles. The molecule has 0 saturated carbocycles. The van der Waals surface area contributed by atoms with E-state index in [0.717, 1.165) is 0 Å². The molecule has 0 atom stereocenters. The Hall–Kier alpha value is -1.60. The van der Waals surface area contributed by atoms with Gasteiger partial charge in [-0.1, -0.05) is 69.5 Å². The quantitative estimate of drug-likeness (QED) is 0.527. The minimum Gasteiger partial charge on any atom is -0.508 e. The van der Waals surface area contributed by atoms with Crippen LogP contribution in [0.25, 0.3) is 0 Å². The van der Waals surface area contributed by atoms with Gasteiger partial charge >= 0.3 is 0 Å². The smallest absolute Gasteiger partial charge is 0.115 e. The maximum atomic E-state index is 8.63. The second kappa shape index (κ2) is 11.1. The van der Waals surface area contributed by atoms with E-state index < -0.39 is 0 Å². The van der Waals surface area contributed by atoms with Crippen LogP contribution in [-0.2, 0) is 26.2 Å². The van der Waals surface area contributed by atoms with Gasteiger partial charge in [0.2, 0.25) is 0 Å². The van der Waals surface area contributed by atoms with Gasteiger partial charge in [-0.25, -0.2) is 5.57 Å². The molecule has 0 spiro atoms. The maximum absolute atomic E-state index is 8.63. The molecule has 0 fully saturated rings. The van der Waals surface area contributed by atoms with Gasteiger partial charge in [-0.3, -0.25) is 6.08 Å². The summed E-state index contributed by atoms with van der Waals surface area (Å²) in [4.78, 5) is 0. The first-order valence-electron chi connectivity index (χ1n) is 8.02. The molecule has 2 aromatic carbocycles. The minimum atomic E-state index is 0. The summed E-state index contributed by atoms with van der Waals surface area (Å²) in [5.74, 6) is 0.644. The van der Waals surface area contributed by atoms with Crippen LogP contribution in [0.1, 0.15) is 34.6 Å². The van der Waals surface area contributed by atoms with E-state index in [0.29, 0.717) is 11.5 Å². The van der Waals surface area contributed by atoms with Crippen molar-refractivity contribution >= 4 is 0 Å². The summed E-state index contributed by atoms with van der Waals surface area (Å²) in [7, 11) is 0. The Labute approximate surface area is 171 Å². The van der Waals surface area contributed by atoms with Crippen LogP contribution in [0.4, 0.5) is 0 Å². The Morgan fingerprint density at radius 2 is 1.08 bits per heavy atom. The third kappa shape index (κ3) is 8.36. The molecule has 0 amide bonds. The molecule has 3 rings (SSSR count). The Morgan fingerprint density at radius 1 is 0.720 bits per heavy atom. The van der Waals surface area contributed by atoms with Crippen LogP contribution in [0.5, 0.6) is 11.5 Å². The number of hydrogen-bond donors (Lipinski definition) is 2. The Balaban J connectivity index is 0.000000347. The van der Waals surface area contributed by atoms with Crippen LogP contribution in [0, 0.1) is 11.5 Å². The maximum Gasteiger partial charge on any atom is 0.115 e. The van der Waals surface area contributed by atoms with Crippen molar-refractivity contribution in [2.75, 3.05) is 0 Å².